The number of nitrogens with zero attached hydrogens (tertiary/aromatic N) is 2. The average molecular weight is 391 g/mol. The zero-order chi connectivity index (χ0) is 19.8. The highest BCUT2D eigenvalue weighted by molar-refractivity contribution is 7.09. The number of thiazole rings is 1. The molecular formula is C21H30N2O3S. The summed E-state index contributed by atoms with van der Waals surface area (Å²) in [4.78, 5) is 18.8. The number of ether oxygens (including phenoxy) is 2. The molecular weight excluding hydrogens is 360 g/mol. The molecule has 5 nitrogen and oxygen atoms in total. The van der Waals surface area contributed by atoms with E-state index in [4.69, 9.17) is 9.47 Å². The van der Waals surface area contributed by atoms with Gasteiger partial charge in [0, 0.05) is 18.5 Å². The Bertz CT molecular complexity index is 730. The van der Waals surface area contributed by atoms with Gasteiger partial charge in [0.25, 0.3) is 0 Å². The molecule has 1 unspecified atom stereocenters. The van der Waals surface area contributed by atoms with E-state index in [0.29, 0.717) is 19.1 Å². The van der Waals surface area contributed by atoms with Crippen LogP contribution in [0.4, 0.5) is 0 Å². The van der Waals surface area contributed by atoms with Gasteiger partial charge in [0.1, 0.15) is 24.0 Å². The van der Waals surface area contributed by atoms with Crippen molar-refractivity contribution in [3.63, 3.8) is 0 Å². The Morgan fingerprint density at radius 2 is 2.00 bits per heavy atom. The molecule has 2 aromatic rings. The van der Waals surface area contributed by atoms with Gasteiger partial charge in [-0.1, -0.05) is 39.0 Å². The predicted molar refractivity (Wildman–Crippen MR) is 109 cm³/mol. The van der Waals surface area contributed by atoms with E-state index in [1.54, 1.807) is 18.4 Å². The standard InChI is InChI=1S/C21H30N2O3S/c1-6-16(4)23(21(24)13-25-5)11-17-14-27-20(22-17)12-26-19-10-8-7-9-18(19)15(2)3/h7-10,14-16H,6,11-13H2,1-5H3. The summed E-state index contributed by atoms with van der Waals surface area (Å²) in [7, 11) is 1.54. The first-order valence-electron chi connectivity index (χ1n) is 9.39. The molecule has 0 saturated heterocycles. The van der Waals surface area contributed by atoms with Crippen molar-refractivity contribution in [1.82, 2.24) is 9.88 Å². The minimum atomic E-state index is -0.0106. The van der Waals surface area contributed by atoms with Crippen molar-refractivity contribution in [2.45, 2.75) is 59.2 Å². The van der Waals surface area contributed by atoms with Crippen LogP contribution in [0.25, 0.3) is 0 Å². The largest absolute Gasteiger partial charge is 0.486 e. The summed E-state index contributed by atoms with van der Waals surface area (Å²) >= 11 is 1.56. The molecule has 148 valence electrons. The van der Waals surface area contributed by atoms with Gasteiger partial charge >= 0.3 is 0 Å². The average Bonchev–Trinajstić information content (AvgIpc) is 3.11. The van der Waals surface area contributed by atoms with Gasteiger partial charge in [0.2, 0.25) is 5.91 Å². The van der Waals surface area contributed by atoms with Crippen molar-refractivity contribution in [2.24, 2.45) is 0 Å². The van der Waals surface area contributed by atoms with Crippen LogP contribution in [-0.2, 0) is 22.7 Å². The number of carbonyl (C=O) groups is 1. The third-order valence-corrected chi connectivity index (χ3v) is 5.41. The van der Waals surface area contributed by atoms with Crippen LogP contribution in [0.3, 0.4) is 0 Å². The molecule has 1 amide bonds. The van der Waals surface area contributed by atoms with Gasteiger partial charge in [-0.2, -0.15) is 0 Å². The van der Waals surface area contributed by atoms with Crippen LogP contribution in [0.2, 0.25) is 0 Å². The monoisotopic (exact) mass is 390 g/mol. The molecule has 27 heavy (non-hydrogen) atoms. The van der Waals surface area contributed by atoms with E-state index in [9.17, 15) is 4.79 Å². The number of carbonyl (C=O) groups excluding carboxylic acids is 1. The SMILES string of the molecule is CCC(C)N(Cc1csc(COc2ccccc2C(C)C)n1)C(=O)COC. The number of methoxy groups -OCH3 is 1. The third kappa shape index (κ3) is 6.04. The molecule has 0 fully saturated rings. The molecule has 0 aliphatic carbocycles. The summed E-state index contributed by atoms with van der Waals surface area (Å²) in [6.45, 7) is 9.46. The lowest BCUT2D eigenvalue weighted by atomic mass is 10.0. The lowest BCUT2D eigenvalue weighted by Crippen LogP contribution is -2.39. The lowest BCUT2D eigenvalue weighted by Gasteiger charge is -2.27. The topological polar surface area (TPSA) is 51.7 Å². The second-order valence-corrected chi connectivity index (χ2v) is 7.87. The molecule has 1 atom stereocenters. The molecule has 0 saturated carbocycles. The Kier molecular flexibility index (Phi) is 8.25. The highest BCUT2D eigenvalue weighted by Crippen LogP contribution is 2.27. The van der Waals surface area contributed by atoms with Crippen molar-refractivity contribution in [1.29, 1.82) is 0 Å². The first-order valence-corrected chi connectivity index (χ1v) is 10.3. The molecule has 0 aliphatic heterocycles. The fourth-order valence-electron chi connectivity index (χ4n) is 2.81. The van der Waals surface area contributed by atoms with Crippen LogP contribution in [0.15, 0.2) is 29.6 Å². The first kappa shape index (κ1) is 21.4. The van der Waals surface area contributed by atoms with E-state index in [-0.39, 0.29) is 18.6 Å². The van der Waals surface area contributed by atoms with Crippen molar-refractivity contribution in [2.75, 3.05) is 13.7 Å². The number of rotatable bonds is 10. The van der Waals surface area contributed by atoms with E-state index >= 15 is 0 Å². The fraction of sp³-hybridized carbons (Fsp3) is 0.524. The highest BCUT2D eigenvalue weighted by atomic mass is 32.1. The Balaban J connectivity index is 2.02. The summed E-state index contributed by atoms with van der Waals surface area (Å²) < 4.78 is 11.0. The lowest BCUT2D eigenvalue weighted by molar-refractivity contribution is -0.138. The third-order valence-electron chi connectivity index (χ3n) is 4.53. The first-order chi connectivity index (χ1) is 13.0. The van der Waals surface area contributed by atoms with Gasteiger partial charge < -0.3 is 14.4 Å². The zero-order valence-corrected chi connectivity index (χ0v) is 17.7. The molecule has 6 heteroatoms. The van der Waals surface area contributed by atoms with Gasteiger partial charge in [-0.25, -0.2) is 4.98 Å². The Morgan fingerprint density at radius 1 is 1.26 bits per heavy atom. The summed E-state index contributed by atoms with van der Waals surface area (Å²) in [6.07, 6.45) is 0.890. The molecule has 1 aromatic heterocycles. The summed E-state index contributed by atoms with van der Waals surface area (Å²) in [5.74, 6) is 1.30. The highest BCUT2D eigenvalue weighted by Gasteiger charge is 2.20. The van der Waals surface area contributed by atoms with E-state index in [2.05, 4.69) is 31.8 Å². The number of benzene rings is 1. The maximum Gasteiger partial charge on any atom is 0.249 e. The summed E-state index contributed by atoms with van der Waals surface area (Å²) in [5, 5.41) is 2.91. The van der Waals surface area contributed by atoms with Crippen LogP contribution in [0, 0.1) is 0 Å². The van der Waals surface area contributed by atoms with E-state index in [0.717, 1.165) is 22.9 Å². The van der Waals surface area contributed by atoms with Gasteiger partial charge in [-0.05, 0) is 30.9 Å². The number of amides is 1. The molecule has 2 rings (SSSR count). The summed E-state index contributed by atoms with van der Waals surface area (Å²) in [6, 6.07) is 8.26. The number of hydrogen-bond donors (Lipinski definition) is 0. The molecule has 0 bridgehead atoms. The van der Waals surface area contributed by atoms with Crippen LogP contribution in [0.5, 0.6) is 5.75 Å². The van der Waals surface area contributed by atoms with Crippen molar-refractivity contribution in [3.05, 3.63) is 45.9 Å². The van der Waals surface area contributed by atoms with E-state index < -0.39 is 0 Å². The Hall–Kier alpha value is -1.92. The maximum atomic E-state index is 12.3. The number of para-hydroxylation sites is 1. The molecule has 0 aliphatic rings. The quantitative estimate of drug-likeness (QED) is 0.594. The number of hydrogen-bond acceptors (Lipinski definition) is 5. The van der Waals surface area contributed by atoms with Crippen molar-refractivity contribution in [3.8, 4) is 5.75 Å². The van der Waals surface area contributed by atoms with Crippen molar-refractivity contribution < 1.29 is 14.3 Å². The summed E-state index contributed by atoms with van der Waals surface area (Å²) in [5.41, 5.74) is 2.09. The molecule has 1 aromatic carbocycles. The van der Waals surface area contributed by atoms with E-state index in [1.807, 2.05) is 35.4 Å². The number of aromatic nitrogens is 1. The fourth-order valence-corrected chi connectivity index (χ4v) is 3.50. The van der Waals surface area contributed by atoms with Crippen LogP contribution in [0.1, 0.15) is 56.3 Å². The minimum Gasteiger partial charge on any atom is -0.486 e. The predicted octanol–water partition coefficient (Wildman–Crippen LogP) is 4.62. The Labute approximate surface area is 166 Å². The van der Waals surface area contributed by atoms with Gasteiger partial charge in [-0.15, -0.1) is 11.3 Å². The Morgan fingerprint density at radius 3 is 2.67 bits per heavy atom. The van der Waals surface area contributed by atoms with E-state index in [1.165, 1.54) is 5.56 Å². The second-order valence-electron chi connectivity index (χ2n) is 6.93. The van der Waals surface area contributed by atoms with Gasteiger partial charge in [0.05, 0.1) is 12.2 Å². The maximum absolute atomic E-state index is 12.3. The second kappa shape index (κ2) is 10.4. The smallest absolute Gasteiger partial charge is 0.249 e. The van der Waals surface area contributed by atoms with Gasteiger partial charge in [-0.3, -0.25) is 4.79 Å². The van der Waals surface area contributed by atoms with Gasteiger partial charge in [0.15, 0.2) is 0 Å². The molecule has 0 spiro atoms. The normalized spacial score (nSPS) is 12.2. The van der Waals surface area contributed by atoms with Crippen molar-refractivity contribution >= 4 is 17.2 Å². The molecule has 0 N–H and O–H groups in total. The van der Waals surface area contributed by atoms with Crippen LogP contribution in [-0.4, -0.2) is 35.5 Å². The molecule has 1 heterocycles. The minimum absolute atomic E-state index is 0.0106. The molecule has 0 radical (unpaired) electrons. The van der Waals surface area contributed by atoms with Crippen LogP contribution < -0.4 is 4.74 Å². The van der Waals surface area contributed by atoms with Crippen LogP contribution >= 0.6 is 11.3 Å². The zero-order valence-electron chi connectivity index (χ0n) is 16.9.